The van der Waals surface area contributed by atoms with E-state index < -0.39 is 5.54 Å². The Hall–Kier alpha value is -12.4. The highest BCUT2D eigenvalue weighted by Gasteiger charge is 2.33. The van der Waals surface area contributed by atoms with E-state index in [2.05, 4.69) is 443 Å². The van der Waals surface area contributed by atoms with Crippen molar-refractivity contribution in [2.45, 2.75) is 43.3 Å². The minimum absolute atomic E-state index is 0.171. The smallest absolute Gasteiger partial charge is 0.0706 e. The van der Waals surface area contributed by atoms with Crippen molar-refractivity contribution < 1.29 is 0 Å². The van der Waals surface area contributed by atoms with Crippen LogP contribution < -0.4 is 35.1 Å². The number of para-hydroxylation sites is 6. The molecule has 0 bridgehead atoms. The molecule has 0 heterocycles. The Bertz CT molecular complexity index is 4820. The first-order valence-electron chi connectivity index (χ1n) is 34.6. The van der Waals surface area contributed by atoms with Crippen molar-refractivity contribution in [1.29, 1.82) is 0 Å². The van der Waals surface area contributed by atoms with Crippen LogP contribution in [-0.4, -0.2) is 11.6 Å². The van der Waals surface area contributed by atoms with Gasteiger partial charge in [0.05, 0.1) is 17.1 Å². The van der Waals surface area contributed by atoms with Crippen molar-refractivity contribution in [1.82, 2.24) is 0 Å². The second kappa shape index (κ2) is 29.1. The van der Waals surface area contributed by atoms with E-state index in [0.29, 0.717) is 6.42 Å². The molecule has 13 aromatic carbocycles. The molecule has 2 aliphatic carbocycles. The van der Waals surface area contributed by atoms with E-state index in [1.54, 1.807) is 0 Å². The van der Waals surface area contributed by atoms with Crippen LogP contribution in [0.2, 0.25) is 0 Å². The molecule has 2 aliphatic rings. The molecule has 0 fully saturated rings. The molecule has 486 valence electrons. The Labute approximate surface area is 589 Å². The Kier molecular flexibility index (Phi) is 18.5. The van der Waals surface area contributed by atoms with Crippen LogP contribution in [0.25, 0.3) is 0 Å². The van der Waals surface area contributed by atoms with Gasteiger partial charge in [-0.25, -0.2) is 0 Å². The van der Waals surface area contributed by atoms with Crippen LogP contribution in [0.1, 0.15) is 36.5 Å². The van der Waals surface area contributed by atoms with Crippen molar-refractivity contribution in [3.8, 4) is 0 Å². The van der Waals surface area contributed by atoms with Crippen molar-refractivity contribution in [3.63, 3.8) is 0 Å². The van der Waals surface area contributed by atoms with Gasteiger partial charge in [-0.05, 0) is 237 Å². The Morgan fingerprint density at radius 3 is 0.900 bits per heavy atom. The first-order chi connectivity index (χ1) is 49.3. The largest absolute Gasteiger partial charge is 0.334 e. The average Bonchev–Trinajstić information content (AvgIpc) is 0.779. The van der Waals surface area contributed by atoms with Gasteiger partial charge >= 0.3 is 0 Å². The highest BCUT2D eigenvalue weighted by atomic mass is 15.2. The molecule has 100 heavy (non-hydrogen) atoms. The minimum atomic E-state index is -0.944. The molecule has 0 aromatic heterocycles. The molecule has 7 heteroatoms. The zero-order valence-corrected chi connectivity index (χ0v) is 56.1. The molecule has 0 radical (unpaired) electrons. The lowest BCUT2D eigenvalue weighted by molar-refractivity contribution is 0.535. The first kappa shape index (κ1) is 63.6. The monoisotopic (exact) mass is 1290 g/mol. The fourth-order valence-electron chi connectivity index (χ4n) is 14.3. The van der Waals surface area contributed by atoms with Crippen LogP contribution in [0.15, 0.2) is 407 Å². The summed E-state index contributed by atoms with van der Waals surface area (Å²) in [5.41, 5.74) is 27.1. The third-order valence-electron chi connectivity index (χ3n) is 19.2. The van der Waals surface area contributed by atoms with Crippen molar-refractivity contribution in [3.05, 3.63) is 423 Å². The SMILES string of the molecule is CC1(N(c2ccccc2)c2ccc(N(c3ccc(N(c4ccccc4)c4ccccc4)cc3)c3ccc([C@](N)(Cc4ccccc4)c4ccc(N(c5ccc(N(c6ccccc6)c6ccccc6)cc5)c5ccc(N(c6ccccc6)C6C=CC=CC6)cc5)cc4)cc3)cc2)C=CC=CC1. The molecular weight excluding hydrogens is 1220 g/mol. The summed E-state index contributed by atoms with van der Waals surface area (Å²) < 4.78 is 0. The van der Waals surface area contributed by atoms with Crippen LogP contribution in [-0.2, 0) is 12.0 Å². The first-order valence-corrected chi connectivity index (χ1v) is 34.6. The molecule has 7 nitrogen and oxygen atoms in total. The quantitative estimate of drug-likeness (QED) is 0.0725. The Morgan fingerprint density at radius 2 is 0.570 bits per heavy atom. The van der Waals surface area contributed by atoms with Crippen molar-refractivity contribution >= 4 is 91.0 Å². The van der Waals surface area contributed by atoms with Crippen LogP contribution in [0.4, 0.5) is 91.0 Å². The van der Waals surface area contributed by atoms with Crippen molar-refractivity contribution in [2.24, 2.45) is 5.73 Å². The standard InChI is InChI=1S/C93H79N7/c1-92(69-27-10-28-70-92)100(90-43-25-9-26-44-90)91-67-65-89(66-68-91)99(88-63-57-85(58-64-88)97(79-39-21-7-22-40-79)80-41-23-8-24-42-80)82-51-47-74(48-52-82)93(94,71-72-29-11-2-12-30-72)73-45-49-81(50-46-73)98(86-59-53-83(54-60-86)95(75-31-13-3-14-32-75)76-33-15-4-16-34-76)87-61-55-84(56-62-87)96(77-35-17-5-18-36-77)78-37-19-6-20-38-78/h2-37,39-69,78H,38,70-71,94H2,1H3/t78?,92?,93-/m0/s1. The second-order valence-electron chi connectivity index (χ2n) is 25.8. The summed E-state index contributed by atoms with van der Waals surface area (Å²) in [6.45, 7) is 2.32. The maximum atomic E-state index is 8.11. The average molecular weight is 1290 g/mol. The van der Waals surface area contributed by atoms with E-state index in [-0.39, 0.29) is 11.6 Å². The Balaban J connectivity index is 0.809. The third kappa shape index (κ3) is 13.5. The van der Waals surface area contributed by atoms with Crippen LogP contribution in [0, 0.1) is 0 Å². The van der Waals surface area contributed by atoms with Gasteiger partial charge in [-0.3, -0.25) is 0 Å². The highest BCUT2D eigenvalue weighted by molar-refractivity contribution is 5.85. The van der Waals surface area contributed by atoms with Gasteiger partial charge in [0, 0.05) is 91.0 Å². The molecule has 0 aliphatic heterocycles. The van der Waals surface area contributed by atoms with Crippen LogP contribution in [0.5, 0.6) is 0 Å². The molecular formula is C93H79N7. The third-order valence-corrected chi connectivity index (χ3v) is 19.2. The van der Waals surface area contributed by atoms with Gasteiger partial charge in [0.2, 0.25) is 0 Å². The molecule has 3 atom stereocenters. The van der Waals surface area contributed by atoms with E-state index in [4.69, 9.17) is 5.73 Å². The zero-order valence-electron chi connectivity index (χ0n) is 56.1. The van der Waals surface area contributed by atoms with Crippen LogP contribution in [0.3, 0.4) is 0 Å². The van der Waals surface area contributed by atoms with E-state index in [9.17, 15) is 0 Å². The fourth-order valence-corrected chi connectivity index (χ4v) is 14.3. The number of hydrogen-bond donors (Lipinski definition) is 1. The molecule has 0 amide bonds. The number of rotatable bonds is 22. The minimum Gasteiger partial charge on any atom is -0.334 e. The topological polar surface area (TPSA) is 45.5 Å². The number of hydrogen-bond acceptors (Lipinski definition) is 7. The maximum absolute atomic E-state index is 8.11. The highest BCUT2D eigenvalue weighted by Crippen LogP contribution is 2.46. The van der Waals surface area contributed by atoms with Gasteiger partial charge in [0.25, 0.3) is 0 Å². The lowest BCUT2D eigenvalue weighted by Gasteiger charge is -2.42. The van der Waals surface area contributed by atoms with Crippen molar-refractivity contribution in [2.75, 3.05) is 29.4 Å². The summed E-state index contributed by atoms with van der Waals surface area (Å²) in [6.07, 6.45) is 20.1. The summed E-state index contributed by atoms with van der Waals surface area (Å²) >= 11 is 0. The van der Waals surface area contributed by atoms with Crippen LogP contribution >= 0.6 is 0 Å². The van der Waals surface area contributed by atoms with Gasteiger partial charge in [-0.15, -0.1) is 0 Å². The molecule has 0 saturated heterocycles. The maximum Gasteiger partial charge on any atom is 0.0706 e. The second-order valence-corrected chi connectivity index (χ2v) is 25.8. The lowest BCUT2D eigenvalue weighted by Crippen LogP contribution is -2.42. The number of allylic oxidation sites excluding steroid dienone is 4. The summed E-state index contributed by atoms with van der Waals surface area (Å²) in [5, 5.41) is 0. The summed E-state index contributed by atoms with van der Waals surface area (Å²) in [4.78, 5) is 14.2. The van der Waals surface area contributed by atoms with E-state index >= 15 is 0 Å². The fraction of sp³-hybridized carbons (Fsp3) is 0.0753. The molecule has 0 saturated carbocycles. The van der Waals surface area contributed by atoms with Gasteiger partial charge in [-0.1, -0.05) is 212 Å². The predicted octanol–water partition coefficient (Wildman–Crippen LogP) is 24.4. The van der Waals surface area contributed by atoms with Gasteiger partial charge in [0.1, 0.15) is 0 Å². The molecule has 0 spiro atoms. The number of anilines is 16. The van der Waals surface area contributed by atoms with E-state index in [1.165, 1.54) is 0 Å². The lowest BCUT2D eigenvalue weighted by atomic mass is 9.78. The number of nitrogens with two attached hydrogens (primary N) is 1. The summed E-state index contributed by atoms with van der Waals surface area (Å²) in [7, 11) is 0. The molecule has 2 N–H and O–H groups in total. The Morgan fingerprint density at radius 1 is 0.300 bits per heavy atom. The predicted molar refractivity (Wildman–Crippen MR) is 422 cm³/mol. The van der Waals surface area contributed by atoms with Gasteiger partial charge in [0.15, 0.2) is 0 Å². The van der Waals surface area contributed by atoms with E-state index in [1.807, 2.05) is 0 Å². The normalized spacial score (nSPS) is 15.1. The molecule has 15 rings (SSSR count). The van der Waals surface area contributed by atoms with Gasteiger partial charge in [-0.2, -0.15) is 0 Å². The molecule has 2 unspecified atom stereocenters. The summed E-state index contributed by atoms with van der Waals surface area (Å²) in [6, 6.07) is 128. The van der Waals surface area contributed by atoms with E-state index in [0.717, 1.165) is 121 Å². The van der Waals surface area contributed by atoms with Gasteiger partial charge < -0.3 is 35.1 Å². The summed E-state index contributed by atoms with van der Waals surface area (Å²) in [5.74, 6) is 0. The zero-order chi connectivity index (χ0) is 67.5. The number of benzene rings is 13. The molecule has 13 aromatic rings. The number of nitrogens with zero attached hydrogens (tertiary/aromatic N) is 6.